The van der Waals surface area contributed by atoms with E-state index in [0.29, 0.717) is 10.9 Å². The van der Waals surface area contributed by atoms with E-state index in [2.05, 4.69) is 4.72 Å². The molecule has 1 aliphatic rings. The third kappa shape index (κ3) is 3.97. The van der Waals surface area contributed by atoms with E-state index in [9.17, 15) is 8.42 Å². The molecule has 0 radical (unpaired) electrons. The summed E-state index contributed by atoms with van der Waals surface area (Å²) in [5, 5.41) is 0. The summed E-state index contributed by atoms with van der Waals surface area (Å²) >= 11 is 12.7. The number of thiophene rings is 1. The second-order valence-electron chi connectivity index (χ2n) is 4.34. The van der Waals surface area contributed by atoms with Crippen molar-refractivity contribution in [3.8, 4) is 0 Å². The van der Waals surface area contributed by atoms with Crippen LogP contribution in [-0.4, -0.2) is 21.0 Å². The van der Waals surface area contributed by atoms with E-state index < -0.39 is 10.0 Å². The molecule has 2 atom stereocenters. The van der Waals surface area contributed by atoms with Crippen molar-refractivity contribution < 1.29 is 8.42 Å². The van der Waals surface area contributed by atoms with E-state index in [1.54, 1.807) is 0 Å². The zero-order valence-electron chi connectivity index (χ0n) is 9.93. The molecule has 1 fully saturated rings. The molecule has 2 unspecified atom stereocenters. The molecule has 0 saturated heterocycles. The molecule has 0 spiro atoms. The Labute approximate surface area is 133 Å². The maximum Gasteiger partial charge on any atom is 0.243 e. The molecule has 4 nitrogen and oxygen atoms in total. The van der Waals surface area contributed by atoms with Crippen molar-refractivity contribution in [2.24, 2.45) is 11.7 Å². The van der Waals surface area contributed by atoms with Gasteiger partial charge in [-0.2, -0.15) is 0 Å². The minimum absolute atomic E-state index is 0. The van der Waals surface area contributed by atoms with Crippen molar-refractivity contribution in [3.63, 3.8) is 0 Å². The lowest BCUT2D eigenvalue weighted by Crippen LogP contribution is -2.39. The van der Waals surface area contributed by atoms with Gasteiger partial charge >= 0.3 is 0 Å². The van der Waals surface area contributed by atoms with E-state index in [4.69, 9.17) is 28.9 Å². The highest BCUT2D eigenvalue weighted by atomic mass is 35.5. The van der Waals surface area contributed by atoms with Gasteiger partial charge in [0.2, 0.25) is 10.0 Å². The number of hydrogen-bond acceptors (Lipinski definition) is 4. The molecule has 19 heavy (non-hydrogen) atoms. The molecule has 1 aromatic rings. The highest BCUT2D eigenvalue weighted by Gasteiger charge is 2.31. The first-order valence-corrected chi connectivity index (χ1v) is 8.67. The zero-order valence-corrected chi connectivity index (χ0v) is 13.9. The number of sulfonamides is 1. The Morgan fingerprint density at radius 1 is 1.42 bits per heavy atom. The van der Waals surface area contributed by atoms with Crippen LogP contribution in [0.15, 0.2) is 11.0 Å². The van der Waals surface area contributed by atoms with Crippen LogP contribution < -0.4 is 10.5 Å². The second-order valence-corrected chi connectivity index (χ2v) is 8.31. The maximum atomic E-state index is 12.2. The van der Waals surface area contributed by atoms with Gasteiger partial charge in [-0.15, -0.1) is 23.7 Å². The minimum atomic E-state index is -3.61. The number of nitrogens with two attached hydrogens (primary N) is 1. The van der Waals surface area contributed by atoms with E-state index in [1.807, 2.05) is 0 Å². The molecular weight excluding hydrogens is 351 g/mol. The Kier molecular flexibility index (Phi) is 6.38. The zero-order chi connectivity index (χ0) is 13.3. The average Bonchev–Trinajstić information content (AvgIpc) is 2.84. The molecule has 1 aromatic heterocycles. The van der Waals surface area contributed by atoms with Crippen LogP contribution in [-0.2, 0) is 10.0 Å². The molecule has 110 valence electrons. The fourth-order valence-corrected chi connectivity index (χ4v) is 5.73. The highest BCUT2D eigenvalue weighted by molar-refractivity contribution is 7.89. The maximum absolute atomic E-state index is 12.2. The SMILES string of the molecule is Cl.NCC1CCCC1NS(=O)(=O)c1cc(Cl)sc1Cl. The smallest absolute Gasteiger partial charge is 0.243 e. The first-order chi connectivity index (χ1) is 8.44. The summed E-state index contributed by atoms with van der Waals surface area (Å²) in [5.74, 6) is 0.202. The molecule has 2 rings (SSSR count). The molecule has 1 aliphatic carbocycles. The first-order valence-electron chi connectivity index (χ1n) is 5.61. The number of nitrogens with one attached hydrogen (secondary N) is 1. The van der Waals surface area contributed by atoms with Gasteiger partial charge in [0.15, 0.2) is 0 Å². The number of halogens is 3. The van der Waals surface area contributed by atoms with Crippen molar-refractivity contribution >= 4 is 57.0 Å². The quantitative estimate of drug-likeness (QED) is 0.861. The first kappa shape index (κ1) is 17.5. The summed E-state index contributed by atoms with van der Waals surface area (Å²) in [6.45, 7) is 0.491. The van der Waals surface area contributed by atoms with Crippen molar-refractivity contribution in [1.29, 1.82) is 0 Å². The Morgan fingerprint density at radius 3 is 2.63 bits per heavy atom. The van der Waals surface area contributed by atoms with Gasteiger partial charge in [-0.1, -0.05) is 29.6 Å². The lowest BCUT2D eigenvalue weighted by atomic mass is 10.1. The van der Waals surface area contributed by atoms with Gasteiger partial charge in [-0.3, -0.25) is 0 Å². The summed E-state index contributed by atoms with van der Waals surface area (Å²) in [6, 6.07) is 1.28. The van der Waals surface area contributed by atoms with Crippen molar-refractivity contribution in [1.82, 2.24) is 4.72 Å². The molecule has 0 bridgehead atoms. The standard InChI is InChI=1S/C10H14Cl2N2O2S2.ClH/c11-9-4-8(10(12)17-9)18(15,16)14-7-3-1-2-6(7)5-13;/h4,6-7,14H,1-3,5,13H2;1H. The second kappa shape index (κ2) is 6.93. The Morgan fingerprint density at radius 2 is 2.11 bits per heavy atom. The van der Waals surface area contributed by atoms with Crippen LogP contribution in [0, 0.1) is 5.92 Å². The Balaban J connectivity index is 0.00000180. The van der Waals surface area contributed by atoms with Crippen LogP contribution in [0.2, 0.25) is 8.67 Å². The van der Waals surface area contributed by atoms with Gasteiger partial charge in [0.05, 0.1) is 4.34 Å². The highest BCUT2D eigenvalue weighted by Crippen LogP contribution is 2.35. The summed E-state index contributed by atoms with van der Waals surface area (Å²) in [7, 11) is -3.61. The lowest BCUT2D eigenvalue weighted by Gasteiger charge is -2.19. The predicted molar refractivity (Wildman–Crippen MR) is 82.1 cm³/mol. The summed E-state index contributed by atoms with van der Waals surface area (Å²) in [6.07, 6.45) is 2.77. The normalized spacial score (nSPS) is 23.3. The number of rotatable bonds is 4. The van der Waals surface area contributed by atoms with Crippen molar-refractivity contribution in [3.05, 3.63) is 14.7 Å². The molecule has 0 aliphatic heterocycles. The molecular formula is C10H15Cl3N2O2S2. The predicted octanol–water partition coefficient (Wildman–Crippen LogP) is 2.88. The topological polar surface area (TPSA) is 72.2 Å². The van der Waals surface area contributed by atoms with Crippen LogP contribution in [0.4, 0.5) is 0 Å². The third-order valence-electron chi connectivity index (χ3n) is 3.18. The summed E-state index contributed by atoms with van der Waals surface area (Å²) in [4.78, 5) is 0.0573. The largest absolute Gasteiger partial charge is 0.330 e. The molecule has 3 N–H and O–H groups in total. The van der Waals surface area contributed by atoms with Gasteiger partial charge in [-0.05, 0) is 31.4 Å². The molecule has 9 heteroatoms. The van der Waals surface area contributed by atoms with Gasteiger partial charge in [0.25, 0.3) is 0 Å². The van der Waals surface area contributed by atoms with Crippen molar-refractivity contribution in [2.45, 2.75) is 30.2 Å². The monoisotopic (exact) mass is 364 g/mol. The van der Waals surface area contributed by atoms with Crippen LogP contribution in [0.5, 0.6) is 0 Å². The lowest BCUT2D eigenvalue weighted by molar-refractivity contribution is 0.453. The minimum Gasteiger partial charge on any atom is -0.330 e. The Hall–Kier alpha value is 0.440. The van der Waals surface area contributed by atoms with E-state index in [0.717, 1.165) is 30.6 Å². The van der Waals surface area contributed by atoms with Gasteiger partial charge in [0, 0.05) is 6.04 Å². The van der Waals surface area contributed by atoms with E-state index >= 15 is 0 Å². The molecule has 1 saturated carbocycles. The van der Waals surface area contributed by atoms with E-state index in [1.165, 1.54) is 6.07 Å². The fourth-order valence-electron chi connectivity index (χ4n) is 2.25. The van der Waals surface area contributed by atoms with Crippen LogP contribution in [0.3, 0.4) is 0 Å². The average molecular weight is 366 g/mol. The number of hydrogen-bond donors (Lipinski definition) is 2. The van der Waals surface area contributed by atoms with Gasteiger partial charge in [-0.25, -0.2) is 13.1 Å². The fraction of sp³-hybridized carbons (Fsp3) is 0.600. The van der Waals surface area contributed by atoms with Crippen LogP contribution in [0.25, 0.3) is 0 Å². The Bertz CT molecular complexity index is 533. The van der Waals surface area contributed by atoms with Crippen LogP contribution in [0.1, 0.15) is 19.3 Å². The van der Waals surface area contributed by atoms with Crippen LogP contribution >= 0.6 is 46.9 Å². The summed E-state index contributed by atoms with van der Waals surface area (Å²) in [5.41, 5.74) is 5.64. The van der Waals surface area contributed by atoms with E-state index in [-0.39, 0.29) is 33.6 Å². The third-order valence-corrected chi connectivity index (χ3v) is 6.43. The van der Waals surface area contributed by atoms with Crippen molar-refractivity contribution in [2.75, 3.05) is 6.54 Å². The molecule has 0 amide bonds. The van der Waals surface area contributed by atoms with Gasteiger partial charge < -0.3 is 5.73 Å². The molecule has 1 heterocycles. The molecule has 0 aromatic carbocycles. The van der Waals surface area contributed by atoms with Gasteiger partial charge in [0.1, 0.15) is 9.23 Å². The summed E-state index contributed by atoms with van der Waals surface area (Å²) < 4.78 is 27.6.